The van der Waals surface area contributed by atoms with Crippen LogP contribution in [0, 0.1) is 0 Å². The average molecular weight is 242 g/mol. The molecular weight excluding hydrogens is 227 g/mol. The molecule has 1 fully saturated rings. The first-order valence-corrected chi connectivity index (χ1v) is 4.36. The molecule has 0 aliphatic carbocycles. The van der Waals surface area contributed by atoms with Crippen LogP contribution >= 0.6 is 0 Å². The van der Waals surface area contributed by atoms with Gasteiger partial charge in [-0.05, 0) is 6.42 Å². The van der Waals surface area contributed by atoms with Gasteiger partial charge in [0.15, 0.2) is 5.54 Å². The Bertz CT molecular complexity index is 223. The number of nitrogens with one attached hydrogen (secondary N) is 1. The molecule has 0 bridgehead atoms. The molecule has 0 aromatic heterocycles. The van der Waals surface area contributed by atoms with Crippen molar-refractivity contribution in [3.8, 4) is 0 Å². The summed E-state index contributed by atoms with van der Waals surface area (Å²) >= 11 is 0. The van der Waals surface area contributed by atoms with Crippen LogP contribution in [0.25, 0.3) is 0 Å². The van der Waals surface area contributed by atoms with Gasteiger partial charge in [-0.1, -0.05) is 13.8 Å². The van der Waals surface area contributed by atoms with Gasteiger partial charge in [0.2, 0.25) is 0 Å². The van der Waals surface area contributed by atoms with Gasteiger partial charge in [0, 0.05) is 12.8 Å². The van der Waals surface area contributed by atoms with E-state index >= 15 is 0 Å². The van der Waals surface area contributed by atoms with Crippen LogP contribution in [0.5, 0.6) is 0 Å². The van der Waals surface area contributed by atoms with Crippen LogP contribution in [0.2, 0.25) is 0 Å². The van der Waals surface area contributed by atoms with Gasteiger partial charge >= 0.3 is 6.03 Å². The minimum atomic E-state index is -0.508. The predicted octanol–water partition coefficient (Wildman–Crippen LogP) is -6.24. The molecule has 1 rings (SSSR count). The molecule has 1 heterocycles. The van der Waals surface area contributed by atoms with Crippen LogP contribution in [0.15, 0.2) is 0 Å². The van der Waals surface area contributed by atoms with Gasteiger partial charge in [0.25, 0.3) is 5.91 Å². The molecule has 4 nitrogen and oxygen atoms in total. The van der Waals surface area contributed by atoms with E-state index < -0.39 is 5.54 Å². The first-order chi connectivity index (χ1) is 5.64. The van der Waals surface area contributed by atoms with E-state index in [1.807, 2.05) is 13.8 Å². The van der Waals surface area contributed by atoms with E-state index in [0.29, 0.717) is 6.42 Å². The maximum Gasteiger partial charge on any atom is 0.420 e. The number of halogens is 2. The van der Waals surface area contributed by atoms with E-state index in [1.165, 1.54) is 5.32 Å². The zero-order valence-electron chi connectivity index (χ0n) is 8.27. The first-order valence-electron chi connectivity index (χ1n) is 4.36. The first kappa shape index (κ1) is 16.1. The van der Waals surface area contributed by atoms with E-state index in [4.69, 9.17) is 0 Å². The molecule has 1 unspecified atom stereocenters. The molecule has 84 valence electrons. The highest BCUT2D eigenvalue weighted by molar-refractivity contribution is 6.00. The molecule has 1 saturated heterocycles. The van der Waals surface area contributed by atoms with Crippen LogP contribution < -0.4 is 35.4 Å². The van der Waals surface area contributed by atoms with Crippen molar-refractivity contribution in [2.24, 2.45) is 0 Å². The minimum absolute atomic E-state index is 0. The van der Waals surface area contributed by atoms with Crippen molar-refractivity contribution in [2.45, 2.75) is 38.6 Å². The fraction of sp³-hybridized carbons (Fsp3) is 0.750. The molecule has 3 N–H and O–H groups in total. The number of hydrogen-bond acceptors (Lipinski definition) is 2. The number of imide groups is 1. The number of quaternary nitrogens is 1. The lowest BCUT2D eigenvalue weighted by molar-refractivity contribution is -0.613. The van der Waals surface area contributed by atoms with Crippen molar-refractivity contribution in [1.82, 2.24) is 5.32 Å². The van der Waals surface area contributed by atoms with E-state index in [2.05, 4.69) is 5.32 Å². The third kappa shape index (κ3) is 2.83. The maximum atomic E-state index is 11.4. The normalized spacial score (nSPS) is 25.0. The Balaban J connectivity index is 0. The van der Waals surface area contributed by atoms with Crippen molar-refractivity contribution >= 4 is 11.9 Å². The third-order valence-electron chi connectivity index (χ3n) is 2.42. The highest BCUT2D eigenvalue weighted by atomic mass is 35.5. The Morgan fingerprint density at radius 1 is 1.29 bits per heavy atom. The van der Waals surface area contributed by atoms with Gasteiger partial charge in [-0.3, -0.25) is 4.79 Å². The minimum Gasteiger partial charge on any atom is -1.00 e. The molecule has 1 atom stereocenters. The topological polar surface area (TPSA) is 62.8 Å². The second-order valence-corrected chi connectivity index (χ2v) is 3.22. The van der Waals surface area contributed by atoms with Gasteiger partial charge < -0.3 is 24.8 Å². The van der Waals surface area contributed by atoms with Gasteiger partial charge in [-0.25, -0.2) is 15.4 Å². The number of carbonyl (C=O) groups excluding carboxylic acids is 2. The van der Waals surface area contributed by atoms with Crippen LogP contribution in [-0.2, 0) is 4.79 Å². The van der Waals surface area contributed by atoms with Crippen LogP contribution in [0.3, 0.4) is 0 Å². The molecular formula is C8H15Cl2N2O2-. The molecule has 6 heteroatoms. The number of carbonyl (C=O) groups is 2. The highest BCUT2D eigenvalue weighted by Gasteiger charge is 2.48. The number of urea groups is 1. The van der Waals surface area contributed by atoms with E-state index in [1.54, 1.807) is 0 Å². The summed E-state index contributed by atoms with van der Waals surface area (Å²) in [5.74, 6) is -0.128. The van der Waals surface area contributed by atoms with E-state index in [0.717, 1.165) is 12.8 Å². The van der Waals surface area contributed by atoms with Gasteiger partial charge in [-0.2, -0.15) is 0 Å². The maximum absolute atomic E-state index is 11.4. The van der Waals surface area contributed by atoms with Crippen molar-refractivity contribution in [1.29, 1.82) is 0 Å². The molecule has 0 aromatic rings. The third-order valence-corrected chi connectivity index (χ3v) is 2.42. The molecule has 14 heavy (non-hydrogen) atoms. The summed E-state index contributed by atoms with van der Waals surface area (Å²) in [6.45, 7) is 3.95. The molecule has 0 spiro atoms. The van der Waals surface area contributed by atoms with Gasteiger partial charge in [-0.15, -0.1) is 0 Å². The Morgan fingerprint density at radius 2 is 1.86 bits per heavy atom. The summed E-state index contributed by atoms with van der Waals surface area (Å²) in [7, 11) is 0. The Hall–Kier alpha value is -0.320. The summed E-state index contributed by atoms with van der Waals surface area (Å²) in [6.07, 6.45) is 2.39. The molecule has 3 amide bonds. The van der Waals surface area contributed by atoms with Crippen molar-refractivity contribution in [3.63, 3.8) is 0 Å². The predicted molar refractivity (Wildman–Crippen MR) is 43.4 cm³/mol. The zero-order valence-corrected chi connectivity index (χ0v) is 9.78. The molecule has 1 aliphatic heterocycles. The van der Waals surface area contributed by atoms with Crippen molar-refractivity contribution in [2.75, 3.05) is 0 Å². The Morgan fingerprint density at radius 3 is 2.14 bits per heavy atom. The van der Waals surface area contributed by atoms with Crippen molar-refractivity contribution < 1.29 is 39.7 Å². The average Bonchev–Trinajstić information content (AvgIpc) is 2.28. The second-order valence-electron chi connectivity index (χ2n) is 3.22. The summed E-state index contributed by atoms with van der Waals surface area (Å²) in [5.41, 5.74) is -0.508. The van der Waals surface area contributed by atoms with Crippen LogP contribution in [0.1, 0.15) is 33.1 Å². The molecule has 1 aliphatic rings. The molecule has 0 radical (unpaired) electrons. The van der Waals surface area contributed by atoms with Gasteiger partial charge in [0.1, 0.15) is 0 Å². The van der Waals surface area contributed by atoms with E-state index in [9.17, 15) is 9.59 Å². The highest BCUT2D eigenvalue weighted by Crippen LogP contribution is 2.14. The van der Waals surface area contributed by atoms with E-state index in [-0.39, 0.29) is 36.8 Å². The fourth-order valence-corrected chi connectivity index (χ4v) is 1.66. The summed E-state index contributed by atoms with van der Waals surface area (Å²) < 4.78 is 0. The zero-order chi connectivity index (χ0) is 9.19. The number of amides is 3. The van der Waals surface area contributed by atoms with Crippen LogP contribution in [-0.4, -0.2) is 17.5 Å². The number of nitrogens with two attached hydrogens (primary N) is 1. The molecule has 0 aromatic carbocycles. The van der Waals surface area contributed by atoms with Gasteiger partial charge in [0.05, 0.1) is 0 Å². The lowest BCUT2D eigenvalue weighted by Crippen LogP contribution is -3.00. The Kier molecular flexibility index (Phi) is 7.16. The standard InChI is InChI=1S/C8H14N2O2.2ClH/c1-3-5-8(4-2)6(11)9-7(12)10-8;;/h3-5H2,1-2H3,(H2,9,10,11,12);2*1H/p-1. The fourth-order valence-electron chi connectivity index (χ4n) is 1.66. The smallest absolute Gasteiger partial charge is 0.420 e. The van der Waals surface area contributed by atoms with Crippen molar-refractivity contribution in [3.05, 3.63) is 0 Å². The lowest BCUT2D eigenvalue weighted by Gasteiger charge is -2.18. The number of primary amides is 1. The summed E-state index contributed by atoms with van der Waals surface area (Å²) in [6, 6.07) is -0.240. The summed E-state index contributed by atoms with van der Waals surface area (Å²) in [5, 5.41) is 3.84. The number of rotatable bonds is 3. The number of hydrogen-bond donors (Lipinski definition) is 2. The monoisotopic (exact) mass is 241 g/mol. The Labute approximate surface area is 96.0 Å². The molecule has 0 saturated carbocycles. The second kappa shape index (κ2) is 6.22. The SMILES string of the molecule is CCCC1(CC)[NH2+]C(=O)NC1=O.[Cl-].[Cl-]. The largest absolute Gasteiger partial charge is 1.00 e. The quantitative estimate of drug-likeness (QED) is 0.484. The van der Waals surface area contributed by atoms with Crippen LogP contribution in [0.4, 0.5) is 4.79 Å². The summed E-state index contributed by atoms with van der Waals surface area (Å²) in [4.78, 5) is 22.3. The lowest BCUT2D eigenvalue weighted by atomic mass is 9.91.